The summed E-state index contributed by atoms with van der Waals surface area (Å²) in [6, 6.07) is 11.8. The molecule has 152 valence electrons. The lowest BCUT2D eigenvalue weighted by atomic mass is 10.1. The maximum Gasteiger partial charge on any atom is 0.257 e. The normalized spacial score (nSPS) is 15.9. The summed E-state index contributed by atoms with van der Waals surface area (Å²) >= 11 is 6.01. The first kappa shape index (κ1) is 20.7. The molecule has 0 radical (unpaired) electrons. The summed E-state index contributed by atoms with van der Waals surface area (Å²) in [4.78, 5) is 40.5. The van der Waals surface area contributed by atoms with Crippen molar-refractivity contribution in [1.82, 2.24) is 4.90 Å². The van der Waals surface area contributed by atoms with Gasteiger partial charge in [-0.25, -0.2) is 0 Å². The van der Waals surface area contributed by atoms with Gasteiger partial charge in [-0.1, -0.05) is 17.7 Å². The van der Waals surface area contributed by atoms with Crippen molar-refractivity contribution in [2.45, 2.75) is 6.42 Å². The fourth-order valence-corrected chi connectivity index (χ4v) is 3.40. The van der Waals surface area contributed by atoms with Gasteiger partial charge in [0.2, 0.25) is 11.8 Å². The van der Waals surface area contributed by atoms with Crippen molar-refractivity contribution in [3.63, 3.8) is 0 Å². The molecule has 1 aliphatic heterocycles. The van der Waals surface area contributed by atoms with Crippen LogP contribution in [0.15, 0.2) is 42.5 Å². The maximum absolute atomic E-state index is 12.7. The molecular formula is C21H22ClN3O4. The van der Waals surface area contributed by atoms with E-state index in [1.807, 2.05) is 0 Å². The minimum absolute atomic E-state index is 0.109. The van der Waals surface area contributed by atoms with Gasteiger partial charge < -0.3 is 19.9 Å². The predicted octanol–water partition coefficient (Wildman–Crippen LogP) is 3.04. The van der Waals surface area contributed by atoms with E-state index in [1.165, 1.54) is 12.0 Å². The molecule has 2 aromatic rings. The van der Waals surface area contributed by atoms with E-state index >= 15 is 0 Å². The number of benzene rings is 2. The molecule has 0 aromatic heterocycles. The minimum atomic E-state index is -0.503. The molecule has 0 aliphatic carbocycles. The molecule has 1 saturated heterocycles. The molecule has 3 amide bonds. The Morgan fingerprint density at radius 2 is 1.97 bits per heavy atom. The van der Waals surface area contributed by atoms with Crippen LogP contribution in [0.3, 0.4) is 0 Å². The van der Waals surface area contributed by atoms with Gasteiger partial charge in [0.25, 0.3) is 5.91 Å². The SMILES string of the molecule is COc1ccc(NC(=O)C2CC(=O)N(c3cccc(Cl)c3)C2)cc1C(=O)N(C)C. The highest BCUT2D eigenvalue weighted by molar-refractivity contribution is 6.31. The third kappa shape index (κ3) is 4.51. The first-order valence-electron chi connectivity index (χ1n) is 9.06. The van der Waals surface area contributed by atoms with E-state index in [0.29, 0.717) is 27.7 Å². The van der Waals surface area contributed by atoms with Crippen LogP contribution in [0.25, 0.3) is 0 Å². The number of ether oxygens (including phenoxy) is 1. The fraction of sp³-hybridized carbons (Fsp3) is 0.286. The maximum atomic E-state index is 12.7. The zero-order valence-electron chi connectivity index (χ0n) is 16.4. The Morgan fingerprint density at radius 3 is 2.62 bits per heavy atom. The van der Waals surface area contributed by atoms with E-state index in [4.69, 9.17) is 16.3 Å². The summed E-state index contributed by atoms with van der Waals surface area (Å²) in [5, 5.41) is 3.33. The monoisotopic (exact) mass is 415 g/mol. The topological polar surface area (TPSA) is 79.0 Å². The number of nitrogens with one attached hydrogen (secondary N) is 1. The summed E-state index contributed by atoms with van der Waals surface area (Å²) in [7, 11) is 4.76. The van der Waals surface area contributed by atoms with Crippen molar-refractivity contribution in [1.29, 1.82) is 0 Å². The van der Waals surface area contributed by atoms with Gasteiger partial charge in [0.05, 0.1) is 18.6 Å². The molecule has 3 rings (SSSR count). The Kier molecular flexibility index (Phi) is 6.08. The Morgan fingerprint density at radius 1 is 1.21 bits per heavy atom. The Hall–Kier alpha value is -3.06. The second-order valence-electron chi connectivity index (χ2n) is 6.99. The first-order valence-corrected chi connectivity index (χ1v) is 9.44. The summed E-state index contributed by atoms with van der Waals surface area (Å²) in [5.41, 5.74) is 1.48. The second-order valence-corrected chi connectivity index (χ2v) is 7.43. The van der Waals surface area contributed by atoms with Gasteiger partial charge in [0.15, 0.2) is 0 Å². The molecule has 1 heterocycles. The van der Waals surface area contributed by atoms with Gasteiger partial charge in [-0.3, -0.25) is 14.4 Å². The van der Waals surface area contributed by atoms with E-state index in [-0.39, 0.29) is 30.7 Å². The lowest BCUT2D eigenvalue weighted by Gasteiger charge is -2.17. The largest absolute Gasteiger partial charge is 0.496 e. The molecule has 7 nitrogen and oxygen atoms in total. The lowest BCUT2D eigenvalue weighted by molar-refractivity contribution is -0.122. The molecule has 1 unspecified atom stereocenters. The Labute approximate surface area is 174 Å². The number of anilines is 2. The van der Waals surface area contributed by atoms with Crippen molar-refractivity contribution in [2.24, 2.45) is 5.92 Å². The van der Waals surface area contributed by atoms with Crippen molar-refractivity contribution in [3.8, 4) is 5.75 Å². The average Bonchev–Trinajstić information content (AvgIpc) is 3.09. The fourth-order valence-electron chi connectivity index (χ4n) is 3.21. The number of amides is 3. The summed E-state index contributed by atoms with van der Waals surface area (Å²) < 4.78 is 5.24. The van der Waals surface area contributed by atoms with Crippen molar-refractivity contribution in [2.75, 3.05) is 38.0 Å². The Balaban J connectivity index is 1.74. The number of halogens is 1. The van der Waals surface area contributed by atoms with Gasteiger partial charge in [-0.15, -0.1) is 0 Å². The van der Waals surface area contributed by atoms with Gasteiger partial charge in [-0.05, 0) is 36.4 Å². The van der Waals surface area contributed by atoms with E-state index in [2.05, 4.69) is 5.32 Å². The van der Waals surface area contributed by atoms with Crippen molar-refractivity contribution in [3.05, 3.63) is 53.1 Å². The number of carbonyl (C=O) groups is 3. The predicted molar refractivity (Wildman–Crippen MR) is 112 cm³/mol. The van der Waals surface area contributed by atoms with Gasteiger partial charge in [-0.2, -0.15) is 0 Å². The number of rotatable bonds is 5. The van der Waals surface area contributed by atoms with Crippen LogP contribution in [-0.4, -0.2) is 50.4 Å². The average molecular weight is 416 g/mol. The molecule has 1 N–H and O–H groups in total. The molecule has 29 heavy (non-hydrogen) atoms. The highest BCUT2D eigenvalue weighted by atomic mass is 35.5. The van der Waals surface area contributed by atoms with Crippen molar-refractivity contribution >= 4 is 40.7 Å². The standard InChI is InChI=1S/C21H22ClN3O4/c1-24(2)21(28)17-11-15(7-8-18(17)29-3)23-20(27)13-9-19(26)25(12-13)16-6-4-5-14(22)10-16/h4-8,10-11,13H,9,12H2,1-3H3,(H,23,27). The lowest BCUT2D eigenvalue weighted by Crippen LogP contribution is -2.28. The highest BCUT2D eigenvalue weighted by Gasteiger charge is 2.35. The van der Waals surface area contributed by atoms with Crippen LogP contribution >= 0.6 is 11.6 Å². The zero-order chi connectivity index (χ0) is 21.1. The van der Waals surface area contributed by atoms with Gasteiger partial charge in [0, 0.05) is 43.5 Å². The molecular weight excluding hydrogens is 394 g/mol. The number of nitrogens with zero attached hydrogens (tertiary/aromatic N) is 2. The molecule has 2 aromatic carbocycles. The van der Waals surface area contributed by atoms with E-state index in [9.17, 15) is 14.4 Å². The molecule has 1 atom stereocenters. The van der Waals surface area contributed by atoms with Gasteiger partial charge >= 0.3 is 0 Å². The summed E-state index contributed by atoms with van der Waals surface area (Å²) in [5.74, 6) is -0.732. The van der Waals surface area contributed by atoms with Crippen LogP contribution in [0, 0.1) is 5.92 Å². The number of hydrogen-bond acceptors (Lipinski definition) is 4. The smallest absolute Gasteiger partial charge is 0.257 e. The van der Waals surface area contributed by atoms with Crippen molar-refractivity contribution < 1.29 is 19.1 Å². The molecule has 8 heteroatoms. The van der Waals surface area contributed by atoms with E-state index < -0.39 is 5.92 Å². The van der Waals surface area contributed by atoms with Crippen LogP contribution in [0.5, 0.6) is 5.75 Å². The number of methoxy groups -OCH3 is 1. The van der Waals surface area contributed by atoms with Gasteiger partial charge in [0.1, 0.15) is 5.75 Å². The quantitative estimate of drug-likeness (QED) is 0.814. The molecule has 1 fully saturated rings. The first-order chi connectivity index (χ1) is 13.8. The van der Waals surface area contributed by atoms with E-state index in [0.717, 1.165) is 0 Å². The Bertz CT molecular complexity index is 961. The number of carbonyl (C=O) groups excluding carboxylic acids is 3. The molecule has 0 spiro atoms. The molecule has 1 aliphatic rings. The highest BCUT2D eigenvalue weighted by Crippen LogP contribution is 2.29. The number of hydrogen-bond donors (Lipinski definition) is 1. The van der Waals surface area contributed by atoms with E-state index in [1.54, 1.807) is 61.5 Å². The van der Waals surface area contributed by atoms with Crippen LogP contribution in [0.4, 0.5) is 11.4 Å². The third-order valence-corrected chi connectivity index (χ3v) is 4.95. The van der Waals surface area contributed by atoms with Crippen LogP contribution < -0.4 is 15.0 Å². The summed E-state index contributed by atoms with van der Waals surface area (Å²) in [6.07, 6.45) is 0.109. The van der Waals surface area contributed by atoms with Crippen LogP contribution in [0.2, 0.25) is 5.02 Å². The zero-order valence-corrected chi connectivity index (χ0v) is 17.2. The van der Waals surface area contributed by atoms with Crippen LogP contribution in [-0.2, 0) is 9.59 Å². The summed E-state index contributed by atoms with van der Waals surface area (Å²) in [6.45, 7) is 0.269. The van der Waals surface area contributed by atoms with Crippen LogP contribution in [0.1, 0.15) is 16.8 Å². The minimum Gasteiger partial charge on any atom is -0.496 e. The second kappa shape index (κ2) is 8.53. The molecule has 0 saturated carbocycles. The molecule has 0 bridgehead atoms. The third-order valence-electron chi connectivity index (χ3n) is 4.72.